The molecule has 0 rings (SSSR count). The van der Waals surface area contributed by atoms with E-state index < -0.39 is 36.8 Å². The van der Waals surface area contributed by atoms with Gasteiger partial charge in [-0.1, -0.05) is 6.92 Å². The SMILES string of the molecule is CCC(=O)C(O)C(O)C(O)C(O)CO. The Morgan fingerprint density at radius 2 is 1.64 bits per heavy atom. The lowest BCUT2D eigenvalue weighted by molar-refractivity contribution is -0.146. The third-order valence-electron chi connectivity index (χ3n) is 1.93. The van der Waals surface area contributed by atoms with Crippen molar-refractivity contribution in [1.29, 1.82) is 0 Å². The van der Waals surface area contributed by atoms with Gasteiger partial charge in [0.2, 0.25) is 0 Å². The first-order chi connectivity index (χ1) is 6.45. The summed E-state index contributed by atoms with van der Waals surface area (Å²) >= 11 is 0. The molecule has 6 nitrogen and oxygen atoms in total. The summed E-state index contributed by atoms with van der Waals surface area (Å²) < 4.78 is 0. The number of carbonyl (C=O) groups is 1. The molecule has 0 aromatic heterocycles. The lowest BCUT2D eigenvalue weighted by atomic mass is 9.99. The number of hydrogen-bond donors (Lipinski definition) is 5. The average Bonchev–Trinajstić information content (AvgIpc) is 2.23. The minimum Gasteiger partial charge on any atom is -0.394 e. The molecule has 0 heterocycles. The van der Waals surface area contributed by atoms with Gasteiger partial charge in [0.05, 0.1) is 6.61 Å². The summed E-state index contributed by atoms with van der Waals surface area (Å²) in [6.45, 7) is 0.735. The molecule has 0 bridgehead atoms. The van der Waals surface area contributed by atoms with Crippen LogP contribution in [-0.4, -0.2) is 62.3 Å². The first-order valence-electron chi connectivity index (χ1n) is 4.31. The number of hydrogen-bond acceptors (Lipinski definition) is 6. The van der Waals surface area contributed by atoms with Crippen molar-refractivity contribution in [2.45, 2.75) is 37.8 Å². The smallest absolute Gasteiger partial charge is 0.163 e. The van der Waals surface area contributed by atoms with Gasteiger partial charge in [-0.3, -0.25) is 4.79 Å². The molecule has 4 unspecified atom stereocenters. The molecule has 14 heavy (non-hydrogen) atoms. The van der Waals surface area contributed by atoms with Gasteiger partial charge in [-0.15, -0.1) is 0 Å². The standard InChI is InChI=1S/C8H16O6/c1-2-4(10)6(12)8(14)7(13)5(11)3-9/h5-9,11-14H,2-3H2,1H3. The number of aliphatic hydroxyl groups excluding tert-OH is 5. The molecule has 0 saturated heterocycles. The summed E-state index contributed by atoms with van der Waals surface area (Å²) in [5.41, 5.74) is 0. The highest BCUT2D eigenvalue weighted by molar-refractivity contribution is 5.83. The van der Waals surface area contributed by atoms with Gasteiger partial charge in [0, 0.05) is 6.42 Å². The summed E-state index contributed by atoms with van der Waals surface area (Å²) in [5.74, 6) is -0.637. The van der Waals surface area contributed by atoms with Crippen LogP contribution in [-0.2, 0) is 4.79 Å². The lowest BCUT2D eigenvalue weighted by Crippen LogP contribution is -2.48. The maximum absolute atomic E-state index is 10.9. The van der Waals surface area contributed by atoms with Crippen LogP contribution in [0, 0.1) is 0 Å². The number of ketones is 1. The Kier molecular flexibility index (Phi) is 5.82. The van der Waals surface area contributed by atoms with Gasteiger partial charge in [0.15, 0.2) is 5.78 Å². The highest BCUT2D eigenvalue weighted by Gasteiger charge is 2.32. The summed E-state index contributed by atoms with van der Waals surface area (Å²) in [5, 5.41) is 44.8. The molecule has 0 amide bonds. The topological polar surface area (TPSA) is 118 Å². The second kappa shape index (κ2) is 6.05. The summed E-state index contributed by atoms with van der Waals surface area (Å²) in [6, 6.07) is 0. The van der Waals surface area contributed by atoms with Crippen molar-refractivity contribution in [2.75, 3.05) is 6.61 Å². The van der Waals surface area contributed by atoms with Crippen molar-refractivity contribution in [1.82, 2.24) is 0 Å². The number of Topliss-reactive ketones (excluding diaryl/α,β-unsaturated/α-hetero) is 1. The number of carbonyl (C=O) groups excluding carboxylic acids is 1. The Morgan fingerprint density at radius 1 is 1.14 bits per heavy atom. The molecule has 84 valence electrons. The van der Waals surface area contributed by atoms with Crippen LogP contribution < -0.4 is 0 Å². The summed E-state index contributed by atoms with van der Waals surface area (Å²) in [4.78, 5) is 10.9. The fourth-order valence-corrected chi connectivity index (χ4v) is 0.922. The Morgan fingerprint density at radius 3 is 2.00 bits per heavy atom. The van der Waals surface area contributed by atoms with Crippen LogP contribution in [0.3, 0.4) is 0 Å². The zero-order valence-electron chi connectivity index (χ0n) is 7.87. The predicted molar refractivity (Wildman–Crippen MR) is 46.4 cm³/mol. The van der Waals surface area contributed by atoms with E-state index in [1.807, 2.05) is 0 Å². The van der Waals surface area contributed by atoms with Crippen molar-refractivity contribution >= 4 is 5.78 Å². The highest BCUT2D eigenvalue weighted by atomic mass is 16.4. The molecule has 0 spiro atoms. The third-order valence-corrected chi connectivity index (χ3v) is 1.93. The lowest BCUT2D eigenvalue weighted by Gasteiger charge is -2.24. The van der Waals surface area contributed by atoms with Crippen molar-refractivity contribution in [3.05, 3.63) is 0 Å². The van der Waals surface area contributed by atoms with Crippen LogP contribution in [0.2, 0.25) is 0 Å². The Labute approximate surface area is 81.4 Å². The minimum atomic E-state index is -1.79. The normalized spacial score (nSPS) is 19.9. The predicted octanol–water partition coefficient (Wildman–Crippen LogP) is -2.60. The van der Waals surface area contributed by atoms with E-state index in [-0.39, 0.29) is 6.42 Å². The third kappa shape index (κ3) is 3.32. The van der Waals surface area contributed by atoms with Gasteiger partial charge in [-0.25, -0.2) is 0 Å². The first-order valence-corrected chi connectivity index (χ1v) is 4.31. The van der Waals surface area contributed by atoms with E-state index in [1.165, 1.54) is 6.92 Å². The molecular weight excluding hydrogens is 192 g/mol. The van der Waals surface area contributed by atoms with Crippen LogP contribution in [0.4, 0.5) is 0 Å². The largest absolute Gasteiger partial charge is 0.394 e. The second-order valence-corrected chi connectivity index (χ2v) is 3.00. The van der Waals surface area contributed by atoms with Gasteiger partial charge < -0.3 is 25.5 Å². The highest BCUT2D eigenvalue weighted by Crippen LogP contribution is 2.07. The summed E-state index contributed by atoms with van der Waals surface area (Å²) in [7, 11) is 0. The summed E-state index contributed by atoms with van der Waals surface area (Å²) in [6.07, 6.45) is -6.84. The Balaban J connectivity index is 4.30. The maximum atomic E-state index is 10.9. The maximum Gasteiger partial charge on any atom is 0.163 e. The van der Waals surface area contributed by atoms with E-state index in [1.54, 1.807) is 0 Å². The fourth-order valence-electron chi connectivity index (χ4n) is 0.922. The molecular formula is C8H16O6. The van der Waals surface area contributed by atoms with Crippen LogP contribution in [0.1, 0.15) is 13.3 Å². The quantitative estimate of drug-likeness (QED) is 0.327. The van der Waals surface area contributed by atoms with Crippen LogP contribution in [0.15, 0.2) is 0 Å². The van der Waals surface area contributed by atoms with E-state index in [0.717, 1.165) is 0 Å². The van der Waals surface area contributed by atoms with Crippen molar-refractivity contribution in [3.63, 3.8) is 0 Å². The van der Waals surface area contributed by atoms with E-state index in [2.05, 4.69) is 0 Å². The molecule has 6 heteroatoms. The van der Waals surface area contributed by atoms with Crippen LogP contribution in [0.5, 0.6) is 0 Å². The van der Waals surface area contributed by atoms with Gasteiger partial charge in [-0.2, -0.15) is 0 Å². The molecule has 4 atom stereocenters. The Bertz CT molecular complexity index is 183. The first kappa shape index (κ1) is 13.5. The van der Waals surface area contributed by atoms with Gasteiger partial charge in [0.1, 0.15) is 24.4 Å². The van der Waals surface area contributed by atoms with E-state index in [9.17, 15) is 9.90 Å². The van der Waals surface area contributed by atoms with E-state index in [4.69, 9.17) is 20.4 Å². The number of aliphatic hydroxyl groups is 5. The molecule has 0 aliphatic carbocycles. The molecule has 0 aliphatic rings. The van der Waals surface area contributed by atoms with E-state index >= 15 is 0 Å². The minimum absolute atomic E-state index is 0.0141. The molecule has 0 saturated carbocycles. The Hall–Kier alpha value is -0.530. The van der Waals surface area contributed by atoms with Crippen LogP contribution in [0.25, 0.3) is 0 Å². The van der Waals surface area contributed by atoms with Gasteiger partial charge in [0.25, 0.3) is 0 Å². The molecule has 0 aromatic rings. The molecule has 0 aromatic carbocycles. The van der Waals surface area contributed by atoms with Crippen molar-refractivity contribution in [3.8, 4) is 0 Å². The van der Waals surface area contributed by atoms with Gasteiger partial charge in [-0.05, 0) is 0 Å². The van der Waals surface area contributed by atoms with Gasteiger partial charge >= 0.3 is 0 Å². The van der Waals surface area contributed by atoms with Crippen LogP contribution >= 0.6 is 0 Å². The molecule has 0 fully saturated rings. The number of rotatable bonds is 6. The second-order valence-electron chi connectivity index (χ2n) is 3.00. The monoisotopic (exact) mass is 208 g/mol. The average molecular weight is 208 g/mol. The zero-order chi connectivity index (χ0) is 11.3. The van der Waals surface area contributed by atoms with E-state index in [0.29, 0.717) is 0 Å². The fraction of sp³-hybridized carbons (Fsp3) is 0.875. The molecule has 0 aliphatic heterocycles. The zero-order valence-corrected chi connectivity index (χ0v) is 7.87. The van der Waals surface area contributed by atoms with Crippen molar-refractivity contribution < 1.29 is 30.3 Å². The molecule has 5 N–H and O–H groups in total. The van der Waals surface area contributed by atoms with Crippen molar-refractivity contribution in [2.24, 2.45) is 0 Å². The molecule has 0 radical (unpaired) electrons.